The molecule has 22 heavy (non-hydrogen) atoms. The second-order valence-electron chi connectivity index (χ2n) is 4.52. The molecule has 118 valence electrons. The molecule has 0 fully saturated rings. The second-order valence-corrected chi connectivity index (χ2v) is 5.34. The Morgan fingerprint density at radius 3 is 2.82 bits per heavy atom. The molecular weight excluding hydrogens is 327 g/mol. The number of halogens is 2. The van der Waals surface area contributed by atoms with Crippen LogP contribution in [-0.2, 0) is 11.3 Å². The zero-order valence-corrected chi connectivity index (χ0v) is 13.5. The molecule has 2 aromatic rings. The fraction of sp³-hybridized carbons (Fsp3) is 0.286. The molecule has 0 radical (unpaired) electrons. The number of benzene rings is 1. The minimum absolute atomic E-state index is 0.267. The highest BCUT2D eigenvalue weighted by Gasteiger charge is 2.09. The Labute approximate surface area is 138 Å². The van der Waals surface area contributed by atoms with E-state index >= 15 is 0 Å². The number of nitrogens with one attached hydrogen (secondary N) is 2. The average molecular weight is 343 g/mol. The summed E-state index contributed by atoms with van der Waals surface area (Å²) in [6.07, 6.45) is 1.69. The largest absolute Gasteiger partial charge is 0.383 e. The number of aromatic nitrogens is 2. The maximum atomic E-state index is 12.9. The van der Waals surface area contributed by atoms with Gasteiger partial charge in [0.1, 0.15) is 10.8 Å². The lowest BCUT2D eigenvalue weighted by Crippen LogP contribution is -2.31. The van der Waals surface area contributed by atoms with Gasteiger partial charge in [0.2, 0.25) is 0 Å². The summed E-state index contributed by atoms with van der Waals surface area (Å²) in [5.41, 5.74) is 0.924. The summed E-state index contributed by atoms with van der Waals surface area (Å²) in [6, 6.07) is 6.23. The first-order chi connectivity index (χ1) is 10.6. The quantitative estimate of drug-likeness (QED) is 0.624. The van der Waals surface area contributed by atoms with Gasteiger partial charge in [-0.1, -0.05) is 23.7 Å². The van der Waals surface area contributed by atoms with Gasteiger partial charge in [0.15, 0.2) is 10.9 Å². The van der Waals surface area contributed by atoms with Crippen molar-refractivity contribution >= 4 is 34.7 Å². The highest BCUT2D eigenvalue weighted by molar-refractivity contribution is 7.80. The van der Waals surface area contributed by atoms with Gasteiger partial charge in [-0.25, -0.2) is 4.39 Å². The normalized spacial score (nSPS) is 10.5. The Morgan fingerprint density at radius 2 is 2.14 bits per heavy atom. The molecule has 0 bridgehead atoms. The van der Waals surface area contributed by atoms with Crippen LogP contribution in [0.4, 0.5) is 10.2 Å². The Kier molecular flexibility index (Phi) is 6.11. The van der Waals surface area contributed by atoms with Crippen LogP contribution in [0.5, 0.6) is 0 Å². The summed E-state index contributed by atoms with van der Waals surface area (Å²) in [7, 11) is 1.62. The van der Waals surface area contributed by atoms with Crippen LogP contribution in [0.1, 0.15) is 5.56 Å². The maximum absolute atomic E-state index is 12.9. The average Bonchev–Trinajstić information content (AvgIpc) is 2.81. The fourth-order valence-electron chi connectivity index (χ4n) is 1.76. The van der Waals surface area contributed by atoms with Crippen molar-refractivity contribution in [3.63, 3.8) is 0 Å². The van der Waals surface area contributed by atoms with E-state index in [1.54, 1.807) is 30.1 Å². The van der Waals surface area contributed by atoms with Crippen LogP contribution in [0.15, 0.2) is 30.5 Å². The number of rotatable bonds is 6. The molecule has 0 saturated heterocycles. The molecule has 2 N–H and O–H groups in total. The Morgan fingerprint density at radius 1 is 1.41 bits per heavy atom. The molecule has 0 aliphatic rings. The summed E-state index contributed by atoms with van der Waals surface area (Å²) < 4.78 is 19.5. The van der Waals surface area contributed by atoms with Gasteiger partial charge in [-0.3, -0.25) is 4.68 Å². The van der Waals surface area contributed by atoms with Gasteiger partial charge in [-0.05, 0) is 29.9 Å². The van der Waals surface area contributed by atoms with Gasteiger partial charge < -0.3 is 15.4 Å². The molecule has 0 saturated carbocycles. The van der Waals surface area contributed by atoms with Crippen molar-refractivity contribution in [2.24, 2.45) is 0 Å². The van der Waals surface area contributed by atoms with E-state index in [1.807, 2.05) is 0 Å². The van der Waals surface area contributed by atoms with E-state index in [-0.39, 0.29) is 5.82 Å². The van der Waals surface area contributed by atoms with E-state index < -0.39 is 0 Å². The first-order valence-corrected chi connectivity index (χ1v) is 7.38. The molecule has 5 nitrogen and oxygen atoms in total. The lowest BCUT2D eigenvalue weighted by molar-refractivity contribution is 0.204. The molecule has 0 spiro atoms. The third-order valence-corrected chi connectivity index (χ3v) is 3.32. The van der Waals surface area contributed by atoms with E-state index in [9.17, 15) is 4.39 Å². The van der Waals surface area contributed by atoms with E-state index in [2.05, 4.69) is 15.7 Å². The minimum atomic E-state index is -0.267. The van der Waals surface area contributed by atoms with Gasteiger partial charge in [-0.2, -0.15) is 5.10 Å². The summed E-state index contributed by atoms with van der Waals surface area (Å²) in [5, 5.41) is 11.1. The lowest BCUT2D eigenvalue weighted by atomic mass is 10.2. The number of hydrogen-bond acceptors (Lipinski definition) is 3. The van der Waals surface area contributed by atoms with Crippen molar-refractivity contribution in [1.29, 1.82) is 0 Å². The Balaban J connectivity index is 1.95. The molecule has 1 aromatic carbocycles. The topological polar surface area (TPSA) is 51.1 Å². The molecule has 2 rings (SSSR count). The van der Waals surface area contributed by atoms with Crippen molar-refractivity contribution in [1.82, 2.24) is 15.1 Å². The van der Waals surface area contributed by atoms with Crippen LogP contribution in [0, 0.1) is 5.82 Å². The number of methoxy groups -OCH3 is 1. The molecular formula is C14H16ClFN4OS. The summed E-state index contributed by atoms with van der Waals surface area (Å²) in [6.45, 7) is 1.64. The molecule has 1 heterocycles. The van der Waals surface area contributed by atoms with Crippen LogP contribution in [0.3, 0.4) is 0 Å². The monoisotopic (exact) mass is 342 g/mol. The summed E-state index contributed by atoms with van der Waals surface area (Å²) >= 11 is 11.3. The van der Waals surface area contributed by atoms with Crippen LogP contribution in [-0.4, -0.2) is 35.2 Å². The third kappa shape index (κ3) is 4.94. The molecule has 0 aliphatic heterocycles. The SMILES string of the molecule is COCCNC(=S)Nc1nn(Cc2ccc(F)cc2)cc1Cl. The van der Waals surface area contributed by atoms with Crippen LogP contribution in [0.25, 0.3) is 0 Å². The highest BCUT2D eigenvalue weighted by atomic mass is 35.5. The maximum Gasteiger partial charge on any atom is 0.173 e. The second kappa shape index (κ2) is 8.07. The van der Waals surface area contributed by atoms with Crippen molar-refractivity contribution in [2.75, 3.05) is 25.6 Å². The van der Waals surface area contributed by atoms with Gasteiger partial charge in [0.25, 0.3) is 0 Å². The first kappa shape index (κ1) is 16.7. The van der Waals surface area contributed by atoms with Gasteiger partial charge in [-0.15, -0.1) is 0 Å². The lowest BCUT2D eigenvalue weighted by Gasteiger charge is -2.08. The highest BCUT2D eigenvalue weighted by Crippen LogP contribution is 2.20. The van der Waals surface area contributed by atoms with Crippen molar-refractivity contribution in [3.8, 4) is 0 Å². The predicted molar refractivity (Wildman–Crippen MR) is 88.8 cm³/mol. The number of thiocarbonyl (C=S) groups is 1. The van der Waals surface area contributed by atoms with Crippen LogP contribution >= 0.6 is 23.8 Å². The molecule has 0 unspecified atom stereocenters. The fourth-order valence-corrected chi connectivity index (χ4v) is 2.15. The van der Waals surface area contributed by atoms with Crippen molar-refractivity contribution in [2.45, 2.75) is 6.54 Å². The zero-order chi connectivity index (χ0) is 15.9. The zero-order valence-electron chi connectivity index (χ0n) is 12.0. The molecule has 8 heteroatoms. The van der Waals surface area contributed by atoms with Crippen LogP contribution < -0.4 is 10.6 Å². The number of hydrogen-bond donors (Lipinski definition) is 2. The van der Waals surface area contributed by atoms with Gasteiger partial charge in [0, 0.05) is 19.9 Å². The number of ether oxygens (including phenoxy) is 1. The van der Waals surface area contributed by atoms with Crippen molar-refractivity contribution < 1.29 is 9.13 Å². The van der Waals surface area contributed by atoms with E-state index in [4.69, 9.17) is 28.6 Å². The molecule has 1 aromatic heterocycles. The number of anilines is 1. The van der Waals surface area contributed by atoms with Crippen LogP contribution in [0.2, 0.25) is 5.02 Å². The Hall–Kier alpha value is -1.70. The first-order valence-electron chi connectivity index (χ1n) is 6.59. The third-order valence-electron chi connectivity index (χ3n) is 2.80. The van der Waals surface area contributed by atoms with E-state index in [1.165, 1.54) is 12.1 Å². The van der Waals surface area contributed by atoms with Gasteiger partial charge >= 0.3 is 0 Å². The van der Waals surface area contributed by atoms with Crippen molar-refractivity contribution in [3.05, 3.63) is 46.9 Å². The summed E-state index contributed by atoms with van der Waals surface area (Å²) in [5.74, 6) is 0.204. The van der Waals surface area contributed by atoms with Gasteiger partial charge in [0.05, 0.1) is 13.2 Å². The van der Waals surface area contributed by atoms with E-state index in [0.717, 1.165) is 5.56 Å². The molecule has 0 atom stereocenters. The smallest absolute Gasteiger partial charge is 0.173 e. The Bertz CT molecular complexity index is 632. The molecule has 0 amide bonds. The molecule has 0 aliphatic carbocycles. The number of nitrogens with zero attached hydrogens (tertiary/aromatic N) is 2. The standard InChI is InChI=1S/C14H16ClFN4OS/c1-21-7-6-17-14(22)18-13-12(15)9-20(19-13)8-10-2-4-11(16)5-3-10/h2-5,9H,6-8H2,1H3,(H2,17,18,19,22). The minimum Gasteiger partial charge on any atom is -0.383 e. The predicted octanol–water partition coefficient (Wildman–Crippen LogP) is 2.66. The van der Waals surface area contributed by atoms with E-state index in [0.29, 0.717) is 35.6 Å². The summed E-state index contributed by atoms with van der Waals surface area (Å²) in [4.78, 5) is 0.